The number of thioether (sulfide) groups is 1. The summed E-state index contributed by atoms with van der Waals surface area (Å²) in [4.78, 5) is 4.79. The smallest absolute Gasteiger partial charge is 0.288 e. The molecule has 96 valence electrons. The third kappa shape index (κ3) is 3.68. The Labute approximate surface area is 112 Å². The quantitative estimate of drug-likeness (QED) is 0.811. The van der Waals surface area contributed by atoms with Gasteiger partial charge in [-0.25, -0.2) is 4.98 Å². The molecule has 0 aliphatic carbocycles. The minimum atomic E-state index is -2.38. The molecule has 18 heavy (non-hydrogen) atoms. The van der Waals surface area contributed by atoms with Crippen molar-refractivity contribution in [2.75, 3.05) is 5.32 Å². The fourth-order valence-corrected chi connectivity index (χ4v) is 2.64. The Morgan fingerprint density at radius 2 is 2.00 bits per heavy atom. The predicted molar refractivity (Wildman–Crippen MR) is 72.5 cm³/mol. The van der Waals surface area contributed by atoms with E-state index in [0.29, 0.717) is 16.7 Å². The summed E-state index contributed by atoms with van der Waals surface area (Å²) < 4.78 is 24.3. The number of alkyl halides is 2. The molecule has 1 unspecified atom stereocenters. The summed E-state index contributed by atoms with van der Waals surface area (Å²) in [7, 11) is 0. The highest BCUT2D eigenvalue weighted by Crippen LogP contribution is 2.27. The monoisotopic (exact) mass is 286 g/mol. The first kappa shape index (κ1) is 13.3. The minimum Gasteiger partial charge on any atom is -0.377 e. The Bertz CT molecular complexity index is 471. The van der Waals surface area contributed by atoms with Crippen molar-refractivity contribution in [3.05, 3.63) is 40.8 Å². The molecule has 0 radical (unpaired) electrons. The molecule has 2 rings (SSSR count). The number of hydrogen-bond donors (Lipinski definition) is 1. The van der Waals surface area contributed by atoms with E-state index < -0.39 is 5.76 Å². The lowest BCUT2D eigenvalue weighted by Crippen LogP contribution is -2.06. The average molecular weight is 286 g/mol. The number of nitrogens with zero attached hydrogens (tertiary/aromatic N) is 1. The summed E-state index contributed by atoms with van der Waals surface area (Å²) in [5.74, 6) is -2.38. The number of rotatable bonds is 5. The molecule has 0 spiro atoms. The van der Waals surface area contributed by atoms with Gasteiger partial charge in [0, 0.05) is 16.0 Å². The van der Waals surface area contributed by atoms with E-state index >= 15 is 0 Å². The molecule has 1 aromatic carbocycles. The highest BCUT2D eigenvalue weighted by Gasteiger charge is 2.08. The number of anilines is 1. The second-order valence-electron chi connectivity index (χ2n) is 3.68. The van der Waals surface area contributed by atoms with Crippen LogP contribution in [-0.2, 0) is 0 Å². The molecule has 1 N–H and O–H groups in total. The Morgan fingerprint density at radius 1 is 1.28 bits per heavy atom. The van der Waals surface area contributed by atoms with Crippen LogP contribution in [0.4, 0.5) is 14.5 Å². The van der Waals surface area contributed by atoms with Crippen LogP contribution < -0.4 is 5.32 Å². The Hall–Kier alpha value is -1.14. The summed E-state index contributed by atoms with van der Waals surface area (Å²) in [5.41, 5.74) is 3.66. The van der Waals surface area contributed by atoms with Gasteiger partial charge >= 0.3 is 0 Å². The van der Waals surface area contributed by atoms with Crippen molar-refractivity contribution in [3.63, 3.8) is 0 Å². The molecule has 0 fully saturated rings. The van der Waals surface area contributed by atoms with Gasteiger partial charge in [0.2, 0.25) is 0 Å². The van der Waals surface area contributed by atoms with Gasteiger partial charge in [-0.15, -0.1) is 11.3 Å². The number of nitrogens with one attached hydrogen (secondary N) is 1. The van der Waals surface area contributed by atoms with Crippen LogP contribution >= 0.6 is 23.1 Å². The van der Waals surface area contributed by atoms with E-state index in [1.165, 1.54) is 0 Å². The standard InChI is InChI=1S/C12H12F2N2S2/c1-8(11-6-17-7-15-11)16-9-2-4-10(5-3-9)18-12(13)14/h2-8,12,16H,1H3. The third-order valence-corrected chi connectivity index (χ3v) is 3.68. The van der Waals surface area contributed by atoms with E-state index in [4.69, 9.17) is 0 Å². The molecule has 1 heterocycles. The molecular weight excluding hydrogens is 274 g/mol. The van der Waals surface area contributed by atoms with Crippen LogP contribution in [-0.4, -0.2) is 10.7 Å². The highest BCUT2D eigenvalue weighted by atomic mass is 32.2. The van der Waals surface area contributed by atoms with Crippen LogP contribution in [0, 0.1) is 0 Å². The molecule has 0 saturated carbocycles. The molecule has 0 saturated heterocycles. The highest BCUT2D eigenvalue weighted by molar-refractivity contribution is 7.99. The van der Waals surface area contributed by atoms with Crippen molar-refractivity contribution in [1.29, 1.82) is 0 Å². The molecule has 2 aromatic rings. The van der Waals surface area contributed by atoms with Crippen molar-refractivity contribution < 1.29 is 8.78 Å². The van der Waals surface area contributed by atoms with E-state index in [9.17, 15) is 8.78 Å². The predicted octanol–water partition coefficient (Wildman–Crippen LogP) is 4.63. The first-order valence-electron chi connectivity index (χ1n) is 5.34. The summed E-state index contributed by atoms with van der Waals surface area (Å²) in [6.45, 7) is 2.01. The van der Waals surface area contributed by atoms with Gasteiger partial charge in [-0.05, 0) is 31.2 Å². The van der Waals surface area contributed by atoms with Crippen LogP contribution in [0.25, 0.3) is 0 Å². The lowest BCUT2D eigenvalue weighted by Gasteiger charge is -2.13. The maximum absolute atomic E-state index is 12.2. The van der Waals surface area contributed by atoms with Gasteiger partial charge in [0.1, 0.15) is 0 Å². The zero-order chi connectivity index (χ0) is 13.0. The van der Waals surface area contributed by atoms with Crippen LogP contribution in [0.2, 0.25) is 0 Å². The van der Waals surface area contributed by atoms with Gasteiger partial charge in [-0.1, -0.05) is 11.8 Å². The number of halogens is 2. The van der Waals surface area contributed by atoms with Crippen LogP contribution in [0.15, 0.2) is 40.1 Å². The van der Waals surface area contributed by atoms with E-state index in [1.54, 1.807) is 41.1 Å². The lowest BCUT2D eigenvalue weighted by molar-refractivity contribution is 0.252. The van der Waals surface area contributed by atoms with E-state index in [1.807, 2.05) is 12.3 Å². The molecule has 1 atom stereocenters. The largest absolute Gasteiger partial charge is 0.377 e. The molecule has 0 bridgehead atoms. The zero-order valence-electron chi connectivity index (χ0n) is 9.64. The van der Waals surface area contributed by atoms with Gasteiger partial charge in [0.25, 0.3) is 5.76 Å². The van der Waals surface area contributed by atoms with Crippen molar-refractivity contribution in [1.82, 2.24) is 4.98 Å². The fraction of sp³-hybridized carbons (Fsp3) is 0.250. The van der Waals surface area contributed by atoms with E-state index in [-0.39, 0.29) is 6.04 Å². The normalized spacial score (nSPS) is 12.7. The van der Waals surface area contributed by atoms with E-state index in [2.05, 4.69) is 10.3 Å². The summed E-state index contributed by atoms with van der Waals surface area (Å²) >= 11 is 2.10. The number of benzene rings is 1. The topological polar surface area (TPSA) is 24.9 Å². The van der Waals surface area contributed by atoms with Crippen molar-refractivity contribution in [2.24, 2.45) is 0 Å². The fourth-order valence-electron chi connectivity index (χ4n) is 1.49. The second-order valence-corrected chi connectivity index (χ2v) is 5.46. The molecule has 2 nitrogen and oxygen atoms in total. The number of hydrogen-bond acceptors (Lipinski definition) is 4. The van der Waals surface area contributed by atoms with Gasteiger partial charge < -0.3 is 5.32 Å². The average Bonchev–Trinajstić information content (AvgIpc) is 2.84. The maximum atomic E-state index is 12.2. The Morgan fingerprint density at radius 3 is 2.56 bits per heavy atom. The van der Waals surface area contributed by atoms with Crippen molar-refractivity contribution >= 4 is 28.8 Å². The maximum Gasteiger partial charge on any atom is 0.288 e. The Balaban J connectivity index is 1.98. The lowest BCUT2D eigenvalue weighted by atomic mass is 10.2. The third-order valence-electron chi connectivity index (χ3n) is 2.36. The Kier molecular flexibility index (Phi) is 4.54. The van der Waals surface area contributed by atoms with Gasteiger partial charge in [-0.3, -0.25) is 0 Å². The van der Waals surface area contributed by atoms with Crippen LogP contribution in [0.3, 0.4) is 0 Å². The first-order chi connectivity index (χ1) is 8.65. The first-order valence-corrected chi connectivity index (χ1v) is 7.17. The van der Waals surface area contributed by atoms with Crippen molar-refractivity contribution in [3.8, 4) is 0 Å². The molecule has 0 aliphatic rings. The van der Waals surface area contributed by atoms with Gasteiger partial charge in [0.15, 0.2) is 0 Å². The van der Waals surface area contributed by atoms with Gasteiger partial charge in [0.05, 0.1) is 17.2 Å². The molecular formula is C12H12F2N2S2. The SMILES string of the molecule is CC(Nc1ccc(SC(F)F)cc1)c1cscn1. The molecule has 0 amide bonds. The second kappa shape index (κ2) is 6.15. The minimum absolute atomic E-state index is 0.102. The van der Waals surface area contributed by atoms with E-state index in [0.717, 1.165) is 11.4 Å². The number of aromatic nitrogens is 1. The summed E-state index contributed by atoms with van der Waals surface area (Å²) in [6, 6.07) is 7.07. The molecule has 6 heteroatoms. The van der Waals surface area contributed by atoms with Gasteiger partial charge in [-0.2, -0.15) is 8.78 Å². The van der Waals surface area contributed by atoms with Crippen molar-refractivity contribution in [2.45, 2.75) is 23.6 Å². The zero-order valence-corrected chi connectivity index (χ0v) is 11.3. The van der Waals surface area contributed by atoms with Crippen LogP contribution in [0.1, 0.15) is 18.7 Å². The molecule has 0 aliphatic heterocycles. The summed E-state index contributed by atoms with van der Waals surface area (Å²) in [5, 5.41) is 5.26. The number of thiazole rings is 1. The molecule has 1 aromatic heterocycles. The van der Waals surface area contributed by atoms with Crippen LogP contribution in [0.5, 0.6) is 0 Å². The summed E-state index contributed by atoms with van der Waals surface area (Å²) in [6.07, 6.45) is 0.